The van der Waals surface area contributed by atoms with Gasteiger partial charge in [0.2, 0.25) is 0 Å². The van der Waals surface area contributed by atoms with E-state index in [1.54, 1.807) is 0 Å². The van der Waals surface area contributed by atoms with E-state index in [4.69, 9.17) is 19.7 Å². The first kappa shape index (κ1) is 24.6. The summed E-state index contributed by atoms with van der Waals surface area (Å²) in [4.78, 5) is 11.5. The highest BCUT2D eigenvalue weighted by Crippen LogP contribution is 2.30. The lowest BCUT2D eigenvalue weighted by molar-refractivity contribution is -0.147. The number of hydrogen-bond acceptors (Lipinski definition) is 5. The monoisotopic (exact) mass is 394 g/mol. The molecule has 0 saturated carbocycles. The molecule has 1 fully saturated rings. The molecule has 0 aliphatic carbocycles. The largest absolute Gasteiger partial charge is 0.463 e. The van der Waals surface area contributed by atoms with Crippen LogP contribution < -0.4 is 0 Å². The van der Waals surface area contributed by atoms with Crippen LogP contribution in [-0.2, 0) is 14.3 Å². The van der Waals surface area contributed by atoms with Crippen molar-refractivity contribution in [3.8, 4) is 0 Å². The molecule has 1 aliphatic heterocycles. The molecule has 5 heteroatoms. The number of carbonyl (C=O) groups excluding carboxylic acids is 1. The van der Waals surface area contributed by atoms with Gasteiger partial charge >= 0.3 is 5.97 Å². The lowest BCUT2D eigenvalue weighted by atomic mass is 10.1. The second-order valence-corrected chi connectivity index (χ2v) is 7.24. The quantitative estimate of drug-likeness (QED) is 0.167. The van der Waals surface area contributed by atoms with Gasteiger partial charge in [0.25, 0.3) is 0 Å². The van der Waals surface area contributed by atoms with E-state index in [1.807, 2.05) is 0 Å². The predicted octanol–water partition coefficient (Wildman–Crippen LogP) is 4.24. The Bertz CT molecular complexity index is 483. The lowest BCUT2D eigenvalue weighted by Crippen LogP contribution is -2.21. The standard InChI is InChI=1S/C23H38O5/c1-2-3-4-5-6-7-8-9-10-11-12-13-15-21-22(28-21)16-14-17-23(26)27-19-20(25)18-24/h6-7,9-10,12-13,20-22,24-25H,2-5,8,11,14-19H2,1H3/b7-6-,10-9-,13-12-/t20-,21?,22?/m0/s1. The van der Waals surface area contributed by atoms with Crippen molar-refractivity contribution in [2.75, 3.05) is 13.2 Å². The highest BCUT2D eigenvalue weighted by atomic mass is 16.6. The molecule has 1 saturated heterocycles. The molecule has 5 nitrogen and oxygen atoms in total. The van der Waals surface area contributed by atoms with E-state index >= 15 is 0 Å². The van der Waals surface area contributed by atoms with Gasteiger partial charge in [-0.15, -0.1) is 0 Å². The Morgan fingerprint density at radius 3 is 2.46 bits per heavy atom. The first-order chi connectivity index (χ1) is 13.7. The molecule has 1 heterocycles. The zero-order chi connectivity index (χ0) is 20.5. The van der Waals surface area contributed by atoms with Crippen molar-refractivity contribution in [3.05, 3.63) is 36.5 Å². The highest BCUT2D eigenvalue weighted by Gasteiger charge is 2.36. The molecule has 0 aromatic heterocycles. The van der Waals surface area contributed by atoms with Crippen molar-refractivity contribution in [2.45, 2.75) is 89.4 Å². The number of esters is 1. The number of ether oxygens (including phenoxy) is 2. The number of hydrogen-bond donors (Lipinski definition) is 2. The zero-order valence-electron chi connectivity index (χ0n) is 17.3. The van der Waals surface area contributed by atoms with Crippen LogP contribution in [0.15, 0.2) is 36.5 Å². The molecule has 1 rings (SSSR count). The Labute approximate surface area is 170 Å². The molecule has 2 unspecified atom stereocenters. The summed E-state index contributed by atoms with van der Waals surface area (Å²) in [7, 11) is 0. The summed E-state index contributed by atoms with van der Waals surface area (Å²) >= 11 is 0. The van der Waals surface area contributed by atoms with Gasteiger partial charge in [-0.3, -0.25) is 4.79 Å². The molecule has 2 N–H and O–H groups in total. The minimum atomic E-state index is -0.992. The van der Waals surface area contributed by atoms with Crippen molar-refractivity contribution >= 4 is 5.97 Å². The minimum Gasteiger partial charge on any atom is -0.463 e. The van der Waals surface area contributed by atoms with Gasteiger partial charge in [-0.05, 0) is 44.9 Å². The third-order valence-corrected chi connectivity index (χ3v) is 4.59. The first-order valence-electron chi connectivity index (χ1n) is 10.7. The number of unbranched alkanes of at least 4 members (excludes halogenated alkanes) is 3. The Balaban J connectivity index is 1.93. The highest BCUT2D eigenvalue weighted by molar-refractivity contribution is 5.69. The molecule has 0 radical (unpaired) electrons. The van der Waals surface area contributed by atoms with Gasteiger partial charge in [0.05, 0.1) is 18.8 Å². The SMILES string of the molecule is CCCCC/C=C\C/C=C\C/C=C\CC1OC1CCCC(=O)OC[C@@H](O)CO. The number of aliphatic hydroxyl groups is 2. The second kappa shape index (κ2) is 16.5. The van der Waals surface area contributed by atoms with E-state index in [2.05, 4.69) is 43.4 Å². The maximum atomic E-state index is 11.5. The van der Waals surface area contributed by atoms with E-state index in [9.17, 15) is 4.79 Å². The summed E-state index contributed by atoms with van der Waals surface area (Å²) in [5.74, 6) is -0.341. The van der Waals surface area contributed by atoms with E-state index in [1.165, 1.54) is 25.7 Å². The van der Waals surface area contributed by atoms with Crippen molar-refractivity contribution in [3.63, 3.8) is 0 Å². The van der Waals surface area contributed by atoms with Crippen LogP contribution in [0.2, 0.25) is 0 Å². The molecule has 28 heavy (non-hydrogen) atoms. The second-order valence-electron chi connectivity index (χ2n) is 7.24. The van der Waals surface area contributed by atoms with Crippen LogP contribution in [0.5, 0.6) is 0 Å². The van der Waals surface area contributed by atoms with E-state index < -0.39 is 12.7 Å². The smallest absolute Gasteiger partial charge is 0.305 e. The molecule has 1 aliphatic rings. The Hall–Kier alpha value is -1.43. The Morgan fingerprint density at radius 2 is 1.75 bits per heavy atom. The summed E-state index contributed by atoms with van der Waals surface area (Å²) in [6.45, 7) is 1.68. The number of epoxide rings is 1. The molecule has 0 bridgehead atoms. The topological polar surface area (TPSA) is 79.3 Å². The van der Waals surface area contributed by atoms with E-state index in [-0.39, 0.29) is 24.8 Å². The van der Waals surface area contributed by atoms with Crippen LogP contribution in [0.4, 0.5) is 0 Å². The third kappa shape index (κ3) is 13.7. The summed E-state index contributed by atoms with van der Waals surface area (Å²) < 4.78 is 10.5. The van der Waals surface area contributed by atoms with Crippen LogP contribution in [0.3, 0.4) is 0 Å². The Morgan fingerprint density at radius 1 is 1.04 bits per heavy atom. The lowest BCUT2D eigenvalue weighted by Gasteiger charge is -2.07. The van der Waals surface area contributed by atoms with Gasteiger partial charge in [-0.25, -0.2) is 0 Å². The molecule has 0 amide bonds. The zero-order valence-corrected chi connectivity index (χ0v) is 17.3. The van der Waals surface area contributed by atoms with Gasteiger partial charge in [-0.1, -0.05) is 56.2 Å². The maximum Gasteiger partial charge on any atom is 0.305 e. The van der Waals surface area contributed by atoms with E-state index in [0.717, 1.165) is 25.7 Å². The molecule has 0 spiro atoms. The molecular formula is C23H38O5. The van der Waals surface area contributed by atoms with Crippen LogP contribution in [-0.4, -0.2) is 47.7 Å². The fraction of sp³-hybridized carbons (Fsp3) is 0.696. The summed E-state index contributed by atoms with van der Waals surface area (Å²) in [5, 5.41) is 17.8. The van der Waals surface area contributed by atoms with Gasteiger partial charge in [0, 0.05) is 6.42 Å². The molecule has 160 valence electrons. The maximum absolute atomic E-state index is 11.5. The average Bonchev–Trinajstić information content (AvgIpc) is 3.45. The summed E-state index contributed by atoms with van der Waals surface area (Å²) in [6, 6.07) is 0. The van der Waals surface area contributed by atoms with Crippen LogP contribution >= 0.6 is 0 Å². The van der Waals surface area contributed by atoms with Crippen molar-refractivity contribution in [2.24, 2.45) is 0 Å². The number of allylic oxidation sites excluding steroid dienone is 5. The van der Waals surface area contributed by atoms with Crippen LogP contribution in [0, 0.1) is 0 Å². The van der Waals surface area contributed by atoms with Gasteiger partial charge < -0.3 is 19.7 Å². The summed E-state index contributed by atoms with van der Waals surface area (Å²) in [6.07, 6.45) is 22.6. The van der Waals surface area contributed by atoms with Gasteiger partial charge in [0.1, 0.15) is 12.7 Å². The number of aliphatic hydroxyl groups excluding tert-OH is 2. The minimum absolute atomic E-state index is 0.146. The Kier molecular flexibility index (Phi) is 14.5. The van der Waals surface area contributed by atoms with E-state index in [0.29, 0.717) is 12.8 Å². The number of rotatable bonds is 17. The molecular weight excluding hydrogens is 356 g/mol. The summed E-state index contributed by atoms with van der Waals surface area (Å²) in [5.41, 5.74) is 0. The van der Waals surface area contributed by atoms with Crippen LogP contribution in [0.1, 0.15) is 71.1 Å². The van der Waals surface area contributed by atoms with Gasteiger partial charge in [-0.2, -0.15) is 0 Å². The fourth-order valence-corrected chi connectivity index (χ4v) is 2.80. The fourth-order valence-electron chi connectivity index (χ4n) is 2.80. The molecule has 0 aromatic carbocycles. The van der Waals surface area contributed by atoms with Crippen molar-refractivity contribution in [1.29, 1.82) is 0 Å². The molecule has 0 aromatic rings. The normalized spacial score (nSPS) is 20.4. The average molecular weight is 395 g/mol. The molecule has 3 atom stereocenters. The van der Waals surface area contributed by atoms with Gasteiger partial charge in [0.15, 0.2) is 0 Å². The first-order valence-corrected chi connectivity index (χ1v) is 10.7. The number of carbonyl (C=O) groups is 1. The predicted molar refractivity (Wildman–Crippen MR) is 112 cm³/mol. The van der Waals surface area contributed by atoms with Crippen LogP contribution in [0.25, 0.3) is 0 Å². The van der Waals surface area contributed by atoms with Crippen molar-refractivity contribution < 1.29 is 24.5 Å². The third-order valence-electron chi connectivity index (χ3n) is 4.59. The van der Waals surface area contributed by atoms with Crippen molar-refractivity contribution in [1.82, 2.24) is 0 Å².